The molecule has 1 aliphatic carbocycles. The molecule has 9 heteroatoms. The SMILES string of the molecule is COc1cc(CC(=O)N(Nc2ccc(OC3CCCCC3)cc2)c2ccccc2N2CCCCC2)c(Br)cc1C(=O)O. The minimum atomic E-state index is -1.10. The van der Waals surface area contributed by atoms with Gasteiger partial charge in [-0.3, -0.25) is 10.2 Å². The van der Waals surface area contributed by atoms with Gasteiger partial charge in [0.2, 0.25) is 5.91 Å². The number of carboxylic acids is 1. The number of benzene rings is 3. The zero-order valence-corrected chi connectivity index (χ0v) is 25.6. The largest absolute Gasteiger partial charge is 0.496 e. The van der Waals surface area contributed by atoms with Gasteiger partial charge in [0.05, 0.1) is 36.7 Å². The molecule has 1 heterocycles. The molecule has 0 spiro atoms. The Kier molecular flexibility index (Phi) is 9.89. The van der Waals surface area contributed by atoms with Gasteiger partial charge in [-0.05, 0) is 99.0 Å². The highest BCUT2D eigenvalue weighted by atomic mass is 79.9. The van der Waals surface area contributed by atoms with E-state index in [-0.39, 0.29) is 29.7 Å². The van der Waals surface area contributed by atoms with E-state index in [1.807, 2.05) is 42.5 Å². The summed E-state index contributed by atoms with van der Waals surface area (Å²) in [7, 11) is 1.42. The van der Waals surface area contributed by atoms with Gasteiger partial charge in [0.1, 0.15) is 17.1 Å². The number of halogens is 1. The van der Waals surface area contributed by atoms with E-state index in [2.05, 4.69) is 32.3 Å². The summed E-state index contributed by atoms with van der Waals surface area (Å²) < 4.78 is 12.1. The summed E-state index contributed by atoms with van der Waals surface area (Å²) in [6, 6.07) is 18.8. The van der Waals surface area contributed by atoms with Gasteiger partial charge < -0.3 is 19.5 Å². The Morgan fingerprint density at radius 2 is 1.67 bits per heavy atom. The molecule has 3 aromatic carbocycles. The van der Waals surface area contributed by atoms with E-state index in [4.69, 9.17) is 9.47 Å². The number of carboxylic acid groups (broad SMARTS) is 1. The summed E-state index contributed by atoms with van der Waals surface area (Å²) in [6.07, 6.45) is 9.57. The third kappa shape index (κ3) is 7.18. The Labute approximate surface area is 255 Å². The van der Waals surface area contributed by atoms with Crippen molar-refractivity contribution in [2.45, 2.75) is 63.9 Å². The van der Waals surface area contributed by atoms with Crippen LogP contribution in [-0.4, -0.2) is 43.3 Å². The van der Waals surface area contributed by atoms with Crippen LogP contribution in [0.4, 0.5) is 17.1 Å². The first-order valence-electron chi connectivity index (χ1n) is 14.7. The first-order chi connectivity index (χ1) is 20.4. The van der Waals surface area contributed by atoms with Crippen LogP contribution in [0.2, 0.25) is 0 Å². The van der Waals surface area contributed by atoms with Gasteiger partial charge in [0.15, 0.2) is 0 Å². The average Bonchev–Trinajstić information content (AvgIpc) is 3.02. The Hall–Kier alpha value is -3.72. The highest BCUT2D eigenvalue weighted by Crippen LogP contribution is 2.34. The number of nitrogens with zero attached hydrogens (tertiary/aromatic N) is 2. The number of carbonyl (C=O) groups is 2. The van der Waals surface area contributed by atoms with E-state index >= 15 is 0 Å². The minimum Gasteiger partial charge on any atom is -0.496 e. The number of hydrogen-bond acceptors (Lipinski definition) is 6. The van der Waals surface area contributed by atoms with Crippen LogP contribution in [0.15, 0.2) is 65.1 Å². The number of piperidine rings is 1. The predicted octanol–water partition coefficient (Wildman–Crippen LogP) is 7.46. The topological polar surface area (TPSA) is 91.3 Å². The molecule has 3 aromatic rings. The molecule has 0 bridgehead atoms. The molecule has 42 heavy (non-hydrogen) atoms. The van der Waals surface area contributed by atoms with E-state index in [0.717, 1.165) is 61.6 Å². The standard InChI is InChI=1S/C33H38BrN3O5/c1-41-31-20-23(28(34)22-27(31)33(39)40)21-32(38)37(30-13-7-6-12-29(30)36-18-8-3-9-19-36)35-24-14-16-26(17-15-24)42-25-10-4-2-5-11-25/h6-7,12-17,20,22,25,35H,2-5,8-11,18-19,21H2,1H3,(H,39,40). The zero-order valence-electron chi connectivity index (χ0n) is 24.0. The molecule has 0 unspecified atom stereocenters. The van der Waals surface area contributed by atoms with Gasteiger partial charge >= 0.3 is 5.97 Å². The Morgan fingerprint density at radius 3 is 2.36 bits per heavy atom. The number of ether oxygens (including phenoxy) is 2. The molecule has 2 N–H and O–H groups in total. The molecule has 0 atom stereocenters. The molecule has 0 radical (unpaired) electrons. The number of amides is 1. The second-order valence-corrected chi connectivity index (χ2v) is 11.8. The number of hydrogen-bond donors (Lipinski definition) is 2. The van der Waals surface area contributed by atoms with Crippen LogP contribution < -0.4 is 24.8 Å². The molecule has 2 aliphatic rings. The Bertz CT molecular complexity index is 1380. The molecule has 1 amide bonds. The van der Waals surface area contributed by atoms with Crippen molar-refractivity contribution in [1.82, 2.24) is 0 Å². The second-order valence-electron chi connectivity index (χ2n) is 10.9. The van der Waals surface area contributed by atoms with Crippen LogP contribution in [0.1, 0.15) is 67.3 Å². The fourth-order valence-corrected chi connectivity index (χ4v) is 6.22. The van der Waals surface area contributed by atoms with Crippen molar-refractivity contribution in [3.63, 3.8) is 0 Å². The Balaban J connectivity index is 1.44. The smallest absolute Gasteiger partial charge is 0.339 e. The van der Waals surface area contributed by atoms with Gasteiger partial charge in [-0.15, -0.1) is 0 Å². The van der Waals surface area contributed by atoms with Crippen molar-refractivity contribution >= 4 is 44.9 Å². The van der Waals surface area contributed by atoms with Gasteiger partial charge in [-0.2, -0.15) is 0 Å². The van der Waals surface area contributed by atoms with Crippen molar-refractivity contribution in [3.05, 3.63) is 76.3 Å². The monoisotopic (exact) mass is 635 g/mol. The molecular weight excluding hydrogens is 598 g/mol. The summed E-state index contributed by atoms with van der Waals surface area (Å²) in [5, 5.41) is 11.2. The lowest BCUT2D eigenvalue weighted by Crippen LogP contribution is -2.39. The molecule has 8 nitrogen and oxygen atoms in total. The maximum atomic E-state index is 14.1. The molecule has 1 aliphatic heterocycles. The number of carbonyl (C=O) groups excluding carboxylic acids is 1. The Morgan fingerprint density at radius 1 is 0.976 bits per heavy atom. The highest BCUT2D eigenvalue weighted by Gasteiger charge is 2.25. The third-order valence-corrected chi connectivity index (χ3v) is 8.70. The average molecular weight is 637 g/mol. The first kappa shape index (κ1) is 29.8. The first-order valence-corrected chi connectivity index (χ1v) is 15.5. The number of aromatic carboxylic acids is 1. The van der Waals surface area contributed by atoms with Crippen LogP contribution >= 0.6 is 15.9 Å². The van der Waals surface area contributed by atoms with Gasteiger partial charge in [0, 0.05) is 17.6 Å². The van der Waals surface area contributed by atoms with Gasteiger partial charge in [-0.1, -0.05) is 34.5 Å². The maximum Gasteiger partial charge on any atom is 0.339 e. The van der Waals surface area contributed by atoms with Gasteiger partial charge in [0.25, 0.3) is 0 Å². The lowest BCUT2D eigenvalue weighted by molar-refractivity contribution is -0.117. The van der Waals surface area contributed by atoms with Crippen LogP contribution in [-0.2, 0) is 11.2 Å². The number of methoxy groups -OCH3 is 1. The fraction of sp³-hybridized carbons (Fsp3) is 0.394. The number of nitrogens with one attached hydrogen (secondary N) is 1. The molecule has 222 valence electrons. The van der Waals surface area contributed by atoms with Crippen LogP contribution in [0.5, 0.6) is 11.5 Å². The third-order valence-electron chi connectivity index (χ3n) is 7.96. The van der Waals surface area contributed by atoms with Crippen molar-refractivity contribution in [2.24, 2.45) is 0 Å². The summed E-state index contributed by atoms with van der Waals surface area (Å²) in [4.78, 5) is 28.1. The number of rotatable bonds is 10. The molecule has 0 aromatic heterocycles. The normalized spacial score (nSPS) is 15.6. The van der Waals surface area contributed by atoms with E-state index in [9.17, 15) is 14.7 Å². The van der Waals surface area contributed by atoms with Crippen LogP contribution in [0.25, 0.3) is 0 Å². The summed E-state index contributed by atoms with van der Waals surface area (Å²) >= 11 is 3.47. The minimum absolute atomic E-state index is 0.0149. The van der Waals surface area contributed by atoms with Crippen molar-refractivity contribution < 1.29 is 24.2 Å². The number of anilines is 3. The lowest BCUT2D eigenvalue weighted by atomic mass is 9.98. The summed E-state index contributed by atoms with van der Waals surface area (Å²) in [6.45, 7) is 1.87. The van der Waals surface area contributed by atoms with Crippen molar-refractivity contribution in [3.8, 4) is 11.5 Å². The summed E-state index contributed by atoms with van der Waals surface area (Å²) in [5.74, 6) is -0.267. The molecular formula is C33H38BrN3O5. The molecule has 1 saturated heterocycles. The van der Waals surface area contributed by atoms with E-state index < -0.39 is 5.97 Å². The number of para-hydroxylation sites is 2. The zero-order chi connectivity index (χ0) is 29.5. The van der Waals surface area contributed by atoms with Crippen molar-refractivity contribution in [2.75, 3.05) is 35.5 Å². The van der Waals surface area contributed by atoms with Gasteiger partial charge in [-0.25, -0.2) is 9.80 Å². The highest BCUT2D eigenvalue weighted by molar-refractivity contribution is 9.10. The second kappa shape index (κ2) is 14.0. The van der Waals surface area contributed by atoms with Crippen LogP contribution in [0, 0.1) is 0 Å². The van der Waals surface area contributed by atoms with Crippen molar-refractivity contribution in [1.29, 1.82) is 0 Å². The summed E-state index contributed by atoms with van der Waals surface area (Å²) in [5.41, 5.74) is 6.53. The number of hydrazine groups is 1. The van der Waals surface area contributed by atoms with E-state index in [1.165, 1.54) is 38.9 Å². The molecule has 5 rings (SSSR count). The van der Waals surface area contributed by atoms with Crippen LogP contribution in [0.3, 0.4) is 0 Å². The maximum absolute atomic E-state index is 14.1. The van der Waals surface area contributed by atoms with E-state index in [1.54, 1.807) is 11.1 Å². The molecule has 1 saturated carbocycles. The predicted molar refractivity (Wildman–Crippen MR) is 169 cm³/mol. The molecule has 2 fully saturated rings. The van der Waals surface area contributed by atoms with E-state index in [0.29, 0.717) is 10.0 Å². The fourth-order valence-electron chi connectivity index (χ4n) is 5.73. The lowest BCUT2D eigenvalue weighted by Gasteiger charge is -2.34. The quantitative estimate of drug-likeness (QED) is 0.223.